The second kappa shape index (κ2) is 10.1. The van der Waals surface area contributed by atoms with Crippen LogP contribution in [0.3, 0.4) is 0 Å². The van der Waals surface area contributed by atoms with Gasteiger partial charge in [-0.05, 0) is 127 Å². The van der Waals surface area contributed by atoms with Gasteiger partial charge in [-0.15, -0.1) is 0 Å². The first-order chi connectivity index (χ1) is 21.9. The molecule has 0 aromatic heterocycles. The molecular formula is C46H52. The lowest BCUT2D eigenvalue weighted by Crippen LogP contribution is -2.38. The van der Waals surface area contributed by atoms with Gasteiger partial charge in [-0.3, -0.25) is 0 Å². The van der Waals surface area contributed by atoms with Gasteiger partial charge in [0.15, 0.2) is 0 Å². The molecule has 0 heterocycles. The maximum absolute atomic E-state index is 2.66. The maximum atomic E-state index is 2.66. The fourth-order valence-electron chi connectivity index (χ4n) is 10.8. The highest BCUT2D eigenvalue weighted by Gasteiger charge is 2.53. The summed E-state index contributed by atoms with van der Waals surface area (Å²) in [5.74, 6) is 2.75. The fraction of sp³-hybridized carbons (Fsp3) is 0.435. The van der Waals surface area contributed by atoms with E-state index >= 15 is 0 Å². The second-order valence-electron chi connectivity index (χ2n) is 16.9. The van der Waals surface area contributed by atoms with Crippen molar-refractivity contribution in [1.29, 1.82) is 0 Å². The molecular weight excluding hydrogens is 553 g/mol. The summed E-state index contributed by atoms with van der Waals surface area (Å²) in [5.41, 5.74) is 20.5. The van der Waals surface area contributed by atoms with E-state index in [2.05, 4.69) is 136 Å². The Kier molecular flexibility index (Phi) is 6.56. The standard InChI is InChI=1S/C46H52/c1-25(2)33-22-35-42-39(20-19-38-41(42)34-21-29-15-11-12-16-30(29)43(34)45(38,9)10)46(44(35)32-18-14-13-17-31(32)33)23-36(26(3)4)40(28(7)8)37(24-46)27(5)6/h11-20,22,25-28,36H,21,23-24H2,1-10H3. The molecule has 4 aromatic rings. The maximum Gasteiger partial charge on any atom is 0.0264 e. The Bertz CT molecular complexity index is 2000. The first-order valence-electron chi connectivity index (χ1n) is 18.2. The molecule has 0 N–H and O–H groups in total. The van der Waals surface area contributed by atoms with Crippen molar-refractivity contribution in [3.8, 4) is 11.1 Å². The molecule has 0 saturated carbocycles. The van der Waals surface area contributed by atoms with Crippen LogP contribution in [0.1, 0.15) is 127 Å². The van der Waals surface area contributed by atoms with Crippen LogP contribution in [0, 0.1) is 23.7 Å². The monoisotopic (exact) mass is 604 g/mol. The van der Waals surface area contributed by atoms with Gasteiger partial charge in [-0.2, -0.15) is 0 Å². The largest absolute Gasteiger partial charge is 0.0667 e. The van der Waals surface area contributed by atoms with E-state index in [1.165, 1.54) is 45.0 Å². The van der Waals surface area contributed by atoms with E-state index in [9.17, 15) is 0 Å². The topological polar surface area (TPSA) is 0 Å². The molecule has 2 atom stereocenters. The highest BCUT2D eigenvalue weighted by molar-refractivity contribution is 6.12. The van der Waals surface area contributed by atoms with Crippen LogP contribution in [-0.4, -0.2) is 0 Å². The number of hydrogen-bond donors (Lipinski definition) is 0. The van der Waals surface area contributed by atoms with Crippen LogP contribution in [0.2, 0.25) is 0 Å². The number of fused-ring (bicyclic) bond motifs is 12. The van der Waals surface area contributed by atoms with Crippen molar-refractivity contribution in [2.75, 3.05) is 0 Å². The molecule has 236 valence electrons. The number of allylic oxidation sites excluding steroid dienone is 4. The molecule has 2 unspecified atom stereocenters. The zero-order chi connectivity index (χ0) is 32.4. The van der Waals surface area contributed by atoms with Gasteiger partial charge in [0.25, 0.3) is 0 Å². The Balaban J connectivity index is 1.52. The lowest BCUT2D eigenvalue weighted by Gasteiger charge is -2.47. The molecule has 4 aromatic carbocycles. The average molecular weight is 605 g/mol. The highest BCUT2D eigenvalue weighted by atomic mass is 14.6. The van der Waals surface area contributed by atoms with Crippen molar-refractivity contribution in [2.24, 2.45) is 23.7 Å². The third-order valence-electron chi connectivity index (χ3n) is 12.7. The fourth-order valence-corrected chi connectivity index (χ4v) is 10.8. The van der Waals surface area contributed by atoms with Crippen LogP contribution in [0.15, 0.2) is 77.9 Å². The summed E-state index contributed by atoms with van der Waals surface area (Å²) in [5, 5.41) is 2.95. The predicted molar refractivity (Wildman–Crippen MR) is 199 cm³/mol. The van der Waals surface area contributed by atoms with E-state index in [4.69, 9.17) is 0 Å². The van der Waals surface area contributed by atoms with E-state index < -0.39 is 0 Å². The van der Waals surface area contributed by atoms with Crippen molar-refractivity contribution in [3.05, 3.63) is 117 Å². The van der Waals surface area contributed by atoms with Gasteiger partial charge in [-0.1, -0.05) is 141 Å². The highest BCUT2D eigenvalue weighted by Crippen LogP contribution is 2.66. The van der Waals surface area contributed by atoms with E-state index in [1.807, 2.05) is 0 Å². The predicted octanol–water partition coefficient (Wildman–Crippen LogP) is 12.7. The quantitative estimate of drug-likeness (QED) is 0.203. The van der Waals surface area contributed by atoms with Gasteiger partial charge in [0.1, 0.15) is 0 Å². The molecule has 46 heavy (non-hydrogen) atoms. The lowest BCUT2D eigenvalue weighted by atomic mass is 9.57. The summed E-state index contributed by atoms with van der Waals surface area (Å²) in [4.78, 5) is 0. The summed E-state index contributed by atoms with van der Waals surface area (Å²) in [6.45, 7) is 24.5. The molecule has 0 nitrogen and oxygen atoms in total. The van der Waals surface area contributed by atoms with Gasteiger partial charge in [-0.25, -0.2) is 0 Å². The Hall–Kier alpha value is -3.38. The first kappa shape index (κ1) is 30.0. The Morgan fingerprint density at radius 1 is 0.674 bits per heavy atom. The minimum Gasteiger partial charge on any atom is -0.0667 e. The Morgan fingerprint density at radius 2 is 1.35 bits per heavy atom. The van der Waals surface area contributed by atoms with Gasteiger partial charge in [0, 0.05) is 10.8 Å². The molecule has 0 fully saturated rings. The molecule has 0 amide bonds. The zero-order valence-electron chi connectivity index (χ0n) is 29.9. The molecule has 0 aliphatic heterocycles. The van der Waals surface area contributed by atoms with Crippen LogP contribution in [0.5, 0.6) is 0 Å². The average Bonchev–Trinajstić information content (AvgIpc) is 3.61. The molecule has 0 saturated heterocycles. The molecule has 8 rings (SSSR count). The molecule has 4 aliphatic rings. The SMILES string of the molecule is CC(C)C1=C(C(C)C)C(C(C)C)CC2(C1)c1ccc3c(c1-c1cc(C(C)C)c4ccccc4c12)C1=C(c2ccccc2C1)C3(C)C. The van der Waals surface area contributed by atoms with E-state index in [0.717, 1.165) is 12.8 Å². The molecule has 0 radical (unpaired) electrons. The van der Waals surface area contributed by atoms with Crippen LogP contribution in [-0.2, 0) is 17.3 Å². The second-order valence-corrected chi connectivity index (χ2v) is 16.9. The van der Waals surface area contributed by atoms with Crippen molar-refractivity contribution >= 4 is 21.9 Å². The Labute approximate surface area is 278 Å². The van der Waals surface area contributed by atoms with Crippen molar-refractivity contribution in [2.45, 2.75) is 105 Å². The van der Waals surface area contributed by atoms with Gasteiger partial charge in [0.05, 0.1) is 0 Å². The lowest BCUT2D eigenvalue weighted by molar-refractivity contribution is 0.277. The van der Waals surface area contributed by atoms with Gasteiger partial charge in [0.2, 0.25) is 0 Å². The van der Waals surface area contributed by atoms with E-state index in [0.29, 0.717) is 29.6 Å². The number of rotatable bonds is 4. The van der Waals surface area contributed by atoms with E-state index in [-0.39, 0.29) is 10.8 Å². The number of hydrogen-bond acceptors (Lipinski definition) is 0. The normalized spacial score (nSPS) is 22.5. The van der Waals surface area contributed by atoms with Crippen molar-refractivity contribution in [1.82, 2.24) is 0 Å². The molecule has 0 heteroatoms. The minimum atomic E-state index is -0.0271. The summed E-state index contributed by atoms with van der Waals surface area (Å²) >= 11 is 0. The molecule has 1 spiro atoms. The smallest absolute Gasteiger partial charge is 0.0264 e. The van der Waals surface area contributed by atoms with Crippen molar-refractivity contribution in [3.63, 3.8) is 0 Å². The van der Waals surface area contributed by atoms with Crippen LogP contribution < -0.4 is 0 Å². The number of benzene rings is 4. The zero-order valence-corrected chi connectivity index (χ0v) is 29.9. The summed E-state index contributed by atoms with van der Waals surface area (Å²) < 4.78 is 0. The van der Waals surface area contributed by atoms with Crippen LogP contribution in [0.4, 0.5) is 0 Å². The summed E-state index contributed by atoms with van der Waals surface area (Å²) in [6, 6.07) is 26.5. The first-order valence-corrected chi connectivity index (χ1v) is 18.2. The minimum absolute atomic E-state index is 0.0131. The summed E-state index contributed by atoms with van der Waals surface area (Å²) in [7, 11) is 0. The molecule has 4 aliphatic carbocycles. The van der Waals surface area contributed by atoms with Crippen molar-refractivity contribution < 1.29 is 0 Å². The third-order valence-corrected chi connectivity index (χ3v) is 12.7. The summed E-state index contributed by atoms with van der Waals surface area (Å²) in [6.07, 6.45) is 3.39. The third kappa shape index (κ3) is 3.80. The van der Waals surface area contributed by atoms with Crippen LogP contribution >= 0.6 is 0 Å². The molecule has 0 bridgehead atoms. The van der Waals surface area contributed by atoms with Gasteiger partial charge >= 0.3 is 0 Å². The van der Waals surface area contributed by atoms with Gasteiger partial charge < -0.3 is 0 Å². The Morgan fingerprint density at radius 3 is 2.02 bits per heavy atom. The van der Waals surface area contributed by atoms with Crippen LogP contribution in [0.25, 0.3) is 33.0 Å². The van der Waals surface area contributed by atoms with E-state index in [1.54, 1.807) is 44.5 Å².